The summed E-state index contributed by atoms with van der Waals surface area (Å²) in [6.07, 6.45) is 2.09. The molecule has 0 aliphatic carbocycles. The normalized spacial score (nSPS) is 13.9. The maximum absolute atomic E-state index is 12.7. The highest BCUT2D eigenvalue weighted by Gasteiger charge is 2.19. The van der Waals surface area contributed by atoms with Gasteiger partial charge in [-0.25, -0.2) is 0 Å². The van der Waals surface area contributed by atoms with E-state index in [1.54, 1.807) is 29.0 Å². The van der Waals surface area contributed by atoms with Crippen LogP contribution in [-0.4, -0.2) is 29.0 Å². The largest absolute Gasteiger partial charge is 0.467 e. The molecule has 0 saturated heterocycles. The summed E-state index contributed by atoms with van der Waals surface area (Å²) in [6.45, 7) is 2.94. The zero-order valence-electron chi connectivity index (χ0n) is 12.9. The third-order valence-corrected chi connectivity index (χ3v) is 4.76. The second-order valence-corrected chi connectivity index (χ2v) is 6.39. The molecule has 1 aliphatic heterocycles. The van der Waals surface area contributed by atoms with Crippen molar-refractivity contribution in [2.45, 2.75) is 24.8 Å². The molecule has 2 aromatic rings. The summed E-state index contributed by atoms with van der Waals surface area (Å²) in [5.41, 5.74) is 1.29. The van der Waals surface area contributed by atoms with Crippen molar-refractivity contribution in [2.75, 3.05) is 17.6 Å². The summed E-state index contributed by atoms with van der Waals surface area (Å²) in [7, 11) is 0. The fourth-order valence-electron chi connectivity index (χ4n) is 2.45. The molecule has 3 rings (SSSR count). The molecule has 0 atom stereocenters. The summed E-state index contributed by atoms with van der Waals surface area (Å²) in [5, 5.41) is 2.87. The molecule has 6 heteroatoms. The Morgan fingerprint density at radius 3 is 3.00 bits per heavy atom. The third-order valence-electron chi connectivity index (χ3n) is 3.68. The van der Waals surface area contributed by atoms with Crippen LogP contribution in [0.2, 0.25) is 0 Å². The summed E-state index contributed by atoms with van der Waals surface area (Å²) < 4.78 is 5.32. The van der Waals surface area contributed by atoms with Crippen molar-refractivity contribution in [2.24, 2.45) is 0 Å². The molecule has 5 nitrogen and oxygen atoms in total. The first-order valence-corrected chi connectivity index (χ1v) is 8.54. The van der Waals surface area contributed by atoms with Crippen LogP contribution in [-0.2, 0) is 11.3 Å². The Labute approximate surface area is 139 Å². The molecule has 0 bridgehead atoms. The first-order valence-electron chi connectivity index (χ1n) is 7.55. The molecule has 1 aliphatic rings. The summed E-state index contributed by atoms with van der Waals surface area (Å²) in [6, 6.07) is 9.14. The number of nitrogens with zero attached hydrogens (tertiary/aromatic N) is 1. The van der Waals surface area contributed by atoms with Gasteiger partial charge in [0.05, 0.1) is 18.5 Å². The van der Waals surface area contributed by atoms with E-state index in [2.05, 4.69) is 5.32 Å². The van der Waals surface area contributed by atoms with Crippen LogP contribution in [0.4, 0.5) is 5.69 Å². The average Bonchev–Trinajstić information content (AvgIpc) is 2.99. The average molecular weight is 330 g/mol. The number of carbonyl (C=O) groups excluding carboxylic acids is 2. The van der Waals surface area contributed by atoms with E-state index >= 15 is 0 Å². The first-order chi connectivity index (χ1) is 11.2. The number of hydrogen-bond donors (Lipinski definition) is 1. The number of benzene rings is 1. The van der Waals surface area contributed by atoms with Gasteiger partial charge in [-0.2, -0.15) is 0 Å². The smallest absolute Gasteiger partial charge is 0.254 e. The fourth-order valence-corrected chi connectivity index (χ4v) is 3.39. The number of rotatable bonds is 4. The number of anilines is 1. The van der Waals surface area contributed by atoms with E-state index in [4.69, 9.17) is 4.42 Å². The molecule has 2 heterocycles. The van der Waals surface area contributed by atoms with Crippen molar-refractivity contribution in [1.29, 1.82) is 0 Å². The Hall–Kier alpha value is -2.21. The highest BCUT2D eigenvalue weighted by atomic mass is 32.2. The topological polar surface area (TPSA) is 62.6 Å². The van der Waals surface area contributed by atoms with E-state index in [0.29, 0.717) is 25.1 Å². The number of furan rings is 1. The lowest BCUT2D eigenvalue weighted by Crippen LogP contribution is -2.30. The Bertz CT molecular complexity index is 713. The highest BCUT2D eigenvalue weighted by molar-refractivity contribution is 7.99. The van der Waals surface area contributed by atoms with E-state index < -0.39 is 0 Å². The van der Waals surface area contributed by atoms with Gasteiger partial charge in [0.15, 0.2) is 0 Å². The molecule has 23 heavy (non-hydrogen) atoms. The molecule has 0 fully saturated rings. The monoisotopic (exact) mass is 330 g/mol. The predicted molar refractivity (Wildman–Crippen MR) is 89.5 cm³/mol. The number of nitrogens with one attached hydrogen (secondary N) is 1. The predicted octanol–water partition coefficient (Wildman–Crippen LogP) is 3.38. The summed E-state index contributed by atoms with van der Waals surface area (Å²) in [5.74, 6) is 1.42. The van der Waals surface area contributed by atoms with Gasteiger partial charge in [0.25, 0.3) is 5.91 Å². The van der Waals surface area contributed by atoms with Crippen LogP contribution in [0.5, 0.6) is 0 Å². The van der Waals surface area contributed by atoms with Gasteiger partial charge in [-0.3, -0.25) is 9.59 Å². The Balaban J connectivity index is 1.82. The second kappa shape index (κ2) is 6.91. The zero-order chi connectivity index (χ0) is 16.2. The maximum atomic E-state index is 12.7. The quantitative estimate of drug-likeness (QED) is 0.933. The van der Waals surface area contributed by atoms with Gasteiger partial charge in [0.1, 0.15) is 5.76 Å². The van der Waals surface area contributed by atoms with Crippen LogP contribution >= 0.6 is 11.8 Å². The van der Waals surface area contributed by atoms with Gasteiger partial charge in [-0.05, 0) is 37.3 Å². The van der Waals surface area contributed by atoms with E-state index in [-0.39, 0.29) is 11.8 Å². The SMILES string of the molecule is CCN(Cc1ccco1)C(=O)c1ccc2c(c1)NC(=O)CCS2. The molecule has 120 valence electrons. The first kappa shape index (κ1) is 15.7. The lowest BCUT2D eigenvalue weighted by molar-refractivity contribution is -0.115. The molecular formula is C17H18N2O3S. The van der Waals surface area contributed by atoms with Gasteiger partial charge >= 0.3 is 0 Å². The summed E-state index contributed by atoms with van der Waals surface area (Å²) >= 11 is 1.63. The molecule has 0 unspecified atom stereocenters. The molecular weight excluding hydrogens is 312 g/mol. The van der Waals surface area contributed by atoms with Gasteiger partial charge < -0.3 is 14.6 Å². The van der Waals surface area contributed by atoms with Crippen molar-refractivity contribution in [3.63, 3.8) is 0 Å². The number of hydrogen-bond acceptors (Lipinski definition) is 4. The minimum Gasteiger partial charge on any atom is -0.467 e. The molecule has 0 saturated carbocycles. The number of carbonyl (C=O) groups is 2. The lowest BCUT2D eigenvalue weighted by atomic mass is 10.1. The van der Waals surface area contributed by atoms with E-state index in [9.17, 15) is 9.59 Å². The van der Waals surface area contributed by atoms with Crippen molar-refractivity contribution < 1.29 is 14.0 Å². The van der Waals surface area contributed by atoms with Crippen LogP contribution < -0.4 is 5.32 Å². The highest BCUT2D eigenvalue weighted by Crippen LogP contribution is 2.31. The Morgan fingerprint density at radius 2 is 2.26 bits per heavy atom. The molecule has 0 spiro atoms. The molecule has 1 aromatic carbocycles. The van der Waals surface area contributed by atoms with Crippen LogP contribution in [0.3, 0.4) is 0 Å². The minimum atomic E-state index is -0.0739. The van der Waals surface area contributed by atoms with E-state index in [1.807, 2.05) is 31.2 Å². The van der Waals surface area contributed by atoms with Crippen LogP contribution in [0.25, 0.3) is 0 Å². The number of amides is 2. The molecule has 2 amide bonds. The van der Waals surface area contributed by atoms with Gasteiger partial charge in [-0.1, -0.05) is 0 Å². The van der Waals surface area contributed by atoms with E-state index in [0.717, 1.165) is 22.1 Å². The van der Waals surface area contributed by atoms with Crippen molar-refractivity contribution in [1.82, 2.24) is 4.90 Å². The minimum absolute atomic E-state index is 0.0104. The van der Waals surface area contributed by atoms with Gasteiger partial charge in [0.2, 0.25) is 5.91 Å². The van der Waals surface area contributed by atoms with Crippen LogP contribution in [0.15, 0.2) is 45.9 Å². The zero-order valence-corrected chi connectivity index (χ0v) is 13.7. The molecule has 1 aromatic heterocycles. The van der Waals surface area contributed by atoms with Crippen molar-refractivity contribution in [3.05, 3.63) is 47.9 Å². The number of fused-ring (bicyclic) bond motifs is 1. The van der Waals surface area contributed by atoms with Gasteiger partial charge in [-0.15, -0.1) is 11.8 Å². The fraction of sp³-hybridized carbons (Fsp3) is 0.294. The maximum Gasteiger partial charge on any atom is 0.254 e. The van der Waals surface area contributed by atoms with Crippen LogP contribution in [0.1, 0.15) is 29.5 Å². The standard InChI is InChI=1S/C17H18N2O3S/c1-2-19(11-13-4-3-8-22-13)17(21)12-5-6-15-14(10-12)18-16(20)7-9-23-15/h3-6,8,10H,2,7,9,11H2,1H3,(H,18,20). The lowest BCUT2D eigenvalue weighted by Gasteiger charge is -2.20. The van der Waals surface area contributed by atoms with Crippen LogP contribution in [0, 0.1) is 0 Å². The Morgan fingerprint density at radius 1 is 1.39 bits per heavy atom. The Kier molecular flexibility index (Phi) is 4.71. The van der Waals surface area contributed by atoms with Crippen molar-refractivity contribution >= 4 is 29.3 Å². The molecule has 1 N–H and O–H groups in total. The third kappa shape index (κ3) is 3.59. The van der Waals surface area contributed by atoms with Crippen molar-refractivity contribution in [3.8, 4) is 0 Å². The number of thioether (sulfide) groups is 1. The second-order valence-electron chi connectivity index (χ2n) is 5.26. The van der Waals surface area contributed by atoms with E-state index in [1.165, 1.54) is 0 Å². The molecule has 0 radical (unpaired) electrons. The van der Waals surface area contributed by atoms with Gasteiger partial charge in [0, 0.05) is 29.2 Å². The summed E-state index contributed by atoms with van der Waals surface area (Å²) in [4.78, 5) is 27.1.